The van der Waals surface area contributed by atoms with Crippen LogP contribution in [-0.4, -0.2) is 56.9 Å². The minimum absolute atomic E-state index is 0.578. The molecule has 0 fully saturated rings. The number of ether oxygens (including phenoxy) is 1. The van der Waals surface area contributed by atoms with Gasteiger partial charge >= 0.3 is 0 Å². The quantitative estimate of drug-likeness (QED) is 0.427. The van der Waals surface area contributed by atoms with E-state index in [9.17, 15) is 0 Å². The van der Waals surface area contributed by atoms with Crippen LogP contribution < -0.4 is 5.32 Å². The van der Waals surface area contributed by atoms with Crippen LogP contribution in [0.3, 0.4) is 0 Å². The second-order valence-electron chi connectivity index (χ2n) is 7.53. The summed E-state index contributed by atoms with van der Waals surface area (Å²) in [7, 11) is 1.70. The van der Waals surface area contributed by atoms with Crippen LogP contribution in [-0.2, 0) is 17.7 Å². The first kappa shape index (κ1) is 21.1. The summed E-state index contributed by atoms with van der Waals surface area (Å²) in [6, 6.07) is 18.8. The van der Waals surface area contributed by atoms with Crippen molar-refractivity contribution in [2.45, 2.75) is 19.9 Å². The molecule has 2 aromatic heterocycles. The highest BCUT2D eigenvalue weighted by atomic mass is 32.1. The summed E-state index contributed by atoms with van der Waals surface area (Å²) in [5.74, 6) is 0. The minimum Gasteiger partial charge on any atom is -0.383 e. The molecule has 0 aliphatic heterocycles. The number of tetrazole rings is 1. The molecule has 7 nitrogen and oxygen atoms in total. The van der Waals surface area contributed by atoms with Crippen molar-refractivity contribution in [3.8, 4) is 0 Å². The Balaban J connectivity index is 1.54. The minimum atomic E-state index is 0.578. The van der Waals surface area contributed by atoms with Crippen LogP contribution in [0.15, 0.2) is 54.6 Å². The highest BCUT2D eigenvalue weighted by Gasteiger charge is 2.16. The summed E-state index contributed by atoms with van der Waals surface area (Å²) in [4.78, 5) is 2.11. The normalized spacial score (nSPS) is 11.2. The standard InChI is InChI=1S/C23H26N6OS/c1-17-8-9-21-19(14-17)15-20(22-25-26-27-29(21)22)16-28(12-13-30-2)23(31)24-11-10-18-6-4-3-5-7-18/h3-9,14-15H,10-13,16H2,1-2H3,(H,24,31). The molecule has 4 rings (SSSR count). The maximum absolute atomic E-state index is 5.72. The van der Waals surface area contributed by atoms with Crippen LogP contribution in [0.1, 0.15) is 16.7 Å². The van der Waals surface area contributed by atoms with E-state index in [2.05, 4.69) is 81.2 Å². The monoisotopic (exact) mass is 434 g/mol. The van der Waals surface area contributed by atoms with E-state index >= 15 is 0 Å². The van der Waals surface area contributed by atoms with Gasteiger partial charge in [0.05, 0.1) is 12.1 Å². The highest BCUT2D eigenvalue weighted by Crippen LogP contribution is 2.21. The number of thiocarbonyl (C=S) groups is 1. The smallest absolute Gasteiger partial charge is 0.184 e. The average Bonchev–Trinajstić information content (AvgIpc) is 3.27. The molecule has 0 radical (unpaired) electrons. The molecule has 0 saturated heterocycles. The summed E-state index contributed by atoms with van der Waals surface area (Å²) in [6.07, 6.45) is 0.909. The van der Waals surface area contributed by atoms with Gasteiger partial charge in [0.15, 0.2) is 10.8 Å². The predicted octanol–water partition coefficient (Wildman–Crippen LogP) is 3.15. The summed E-state index contributed by atoms with van der Waals surface area (Å²) in [6.45, 7) is 4.70. The first-order valence-corrected chi connectivity index (χ1v) is 10.7. The largest absolute Gasteiger partial charge is 0.383 e. The molecule has 0 aliphatic carbocycles. The highest BCUT2D eigenvalue weighted by molar-refractivity contribution is 7.80. The van der Waals surface area contributed by atoms with Gasteiger partial charge in [0.25, 0.3) is 0 Å². The van der Waals surface area contributed by atoms with Crippen molar-refractivity contribution in [1.29, 1.82) is 0 Å². The number of benzene rings is 2. The van der Waals surface area contributed by atoms with Gasteiger partial charge in [-0.2, -0.15) is 4.52 Å². The van der Waals surface area contributed by atoms with Gasteiger partial charge in [0.1, 0.15) is 0 Å². The molecule has 160 valence electrons. The Morgan fingerprint density at radius 1 is 1.16 bits per heavy atom. The van der Waals surface area contributed by atoms with Gasteiger partial charge in [-0.15, -0.1) is 5.10 Å². The third-order valence-corrected chi connectivity index (χ3v) is 5.65. The number of hydrogen-bond acceptors (Lipinski definition) is 5. The van der Waals surface area contributed by atoms with Crippen molar-refractivity contribution in [3.63, 3.8) is 0 Å². The van der Waals surface area contributed by atoms with Gasteiger partial charge in [0.2, 0.25) is 0 Å². The van der Waals surface area contributed by atoms with E-state index in [4.69, 9.17) is 17.0 Å². The zero-order valence-corrected chi connectivity index (χ0v) is 18.6. The Morgan fingerprint density at radius 2 is 2.00 bits per heavy atom. The molecular weight excluding hydrogens is 408 g/mol. The third-order valence-electron chi connectivity index (χ3n) is 5.24. The van der Waals surface area contributed by atoms with Crippen molar-refractivity contribution >= 4 is 33.9 Å². The van der Waals surface area contributed by atoms with Gasteiger partial charge in [-0.1, -0.05) is 42.0 Å². The number of nitrogens with zero attached hydrogens (tertiary/aromatic N) is 5. The zero-order valence-electron chi connectivity index (χ0n) is 17.8. The van der Waals surface area contributed by atoms with Crippen LogP contribution >= 0.6 is 12.2 Å². The van der Waals surface area contributed by atoms with Crippen molar-refractivity contribution in [2.24, 2.45) is 0 Å². The van der Waals surface area contributed by atoms with Crippen molar-refractivity contribution in [2.75, 3.05) is 26.8 Å². The lowest BCUT2D eigenvalue weighted by Crippen LogP contribution is -2.41. The van der Waals surface area contributed by atoms with Crippen molar-refractivity contribution < 1.29 is 4.74 Å². The molecule has 0 spiro atoms. The number of methoxy groups -OCH3 is 1. The van der Waals surface area contributed by atoms with E-state index in [0.717, 1.165) is 35.1 Å². The van der Waals surface area contributed by atoms with E-state index in [1.807, 2.05) is 6.07 Å². The maximum Gasteiger partial charge on any atom is 0.184 e. The molecule has 2 heterocycles. The lowest BCUT2D eigenvalue weighted by atomic mass is 10.1. The maximum atomic E-state index is 5.72. The average molecular weight is 435 g/mol. The second-order valence-corrected chi connectivity index (χ2v) is 7.91. The van der Waals surface area contributed by atoms with E-state index in [1.165, 1.54) is 11.1 Å². The predicted molar refractivity (Wildman–Crippen MR) is 126 cm³/mol. The number of rotatable bonds is 8. The fraction of sp³-hybridized carbons (Fsp3) is 0.304. The Bertz CT molecular complexity index is 1180. The first-order valence-electron chi connectivity index (χ1n) is 10.3. The van der Waals surface area contributed by atoms with Crippen molar-refractivity contribution in [3.05, 3.63) is 71.3 Å². The van der Waals surface area contributed by atoms with Gasteiger partial charge in [-0.25, -0.2) is 0 Å². The fourth-order valence-corrected chi connectivity index (χ4v) is 3.89. The molecule has 0 saturated carbocycles. The molecule has 0 amide bonds. The molecule has 0 unspecified atom stereocenters. The summed E-state index contributed by atoms with van der Waals surface area (Å²) < 4.78 is 7.11. The molecule has 0 bridgehead atoms. The number of nitrogens with one attached hydrogen (secondary N) is 1. The van der Waals surface area contributed by atoms with Gasteiger partial charge < -0.3 is 15.0 Å². The molecule has 0 aliphatic rings. The SMILES string of the molecule is COCCN(Cc1cc2cc(C)ccc2n2nnnc12)C(=S)NCCc1ccccc1. The lowest BCUT2D eigenvalue weighted by Gasteiger charge is -2.26. The zero-order chi connectivity index (χ0) is 21.6. The van der Waals surface area contributed by atoms with E-state index in [-0.39, 0.29) is 0 Å². The number of aryl methyl sites for hydroxylation is 1. The molecular formula is C23H26N6OS. The number of fused-ring (bicyclic) bond motifs is 3. The van der Waals surface area contributed by atoms with E-state index < -0.39 is 0 Å². The van der Waals surface area contributed by atoms with Crippen LogP contribution in [0, 0.1) is 6.92 Å². The van der Waals surface area contributed by atoms with Crippen molar-refractivity contribution in [1.82, 2.24) is 30.3 Å². The van der Waals surface area contributed by atoms with Crippen LogP contribution in [0.5, 0.6) is 0 Å². The molecule has 0 atom stereocenters. The van der Waals surface area contributed by atoms with E-state index in [0.29, 0.717) is 24.8 Å². The molecule has 31 heavy (non-hydrogen) atoms. The fourth-order valence-electron chi connectivity index (χ4n) is 3.63. The Labute approximate surface area is 187 Å². The summed E-state index contributed by atoms with van der Waals surface area (Å²) in [5.41, 5.74) is 5.22. The molecule has 8 heteroatoms. The van der Waals surface area contributed by atoms with Crippen LogP contribution in [0.25, 0.3) is 16.6 Å². The Hall–Kier alpha value is -3.10. The van der Waals surface area contributed by atoms with Crippen LogP contribution in [0.4, 0.5) is 0 Å². The molecule has 4 aromatic rings. The lowest BCUT2D eigenvalue weighted by molar-refractivity contribution is 0.174. The Morgan fingerprint density at radius 3 is 2.81 bits per heavy atom. The van der Waals surface area contributed by atoms with Gasteiger partial charge in [-0.05, 0) is 59.8 Å². The molecule has 1 N–H and O–H groups in total. The number of aromatic nitrogens is 4. The topological polar surface area (TPSA) is 67.6 Å². The number of hydrogen-bond donors (Lipinski definition) is 1. The number of pyridine rings is 1. The molecule has 2 aromatic carbocycles. The van der Waals surface area contributed by atoms with Gasteiger partial charge in [0, 0.05) is 37.7 Å². The van der Waals surface area contributed by atoms with Crippen LogP contribution in [0.2, 0.25) is 0 Å². The van der Waals surface area contributed by atoms with Gasteiger partial charge in [-0.3, -0.25) is 0 Å². The summed E-state index contributed by atoms with van der Waals surface area (Å²) >= 11 is 5.72. The summed E-state index contributed by atoms with van der Waals surface area (Å²) in [5, 5.41) is 17.6. The van der Waals surface area contributed by atoms with E-state index in [1.54, 1.807) is 11.6 Å². The second kappa shape index (κ2) is 9.80. The third kappa shape index (κ3) is 4.98. The Kier molecular flexibility index (Phi) is 6.69. The first-order chi connectivity index (χ1) is 15.2.